The van der Waals surface area contributed by atoms with E-state index in [1.165, 1.54) is 18.2 Å². The lowest BCUT2D eigenvalue weighted by Gasteiger charge is -2.03. The highest BCUT2D eigenvalue weighted by atomic mass is 35.5. The van der Waals surface area contributed by atoms with Gasteiger partial charge in [0.2, 0.25) is 0 Å². The van der Waals surface area contributed by atoms with Crippen molar-refractivity contribution in [1.29, 1.82) is 0 Å². The summed E-state index contributed by atoms with van der Waals surface area (Å²) in [5, 5.41) is 8.40. The number of aromatic carboxylic acids is 1. The molecule has 94 valence electrons. The number of nitrogens with zero attached hydrogens (tertiary/aromatic N) is 1. The Morgan fingerprint density at radius 1 is 1.44 bits per heavy atom. The van der Waals surface area contributed by atoms with Crippen LogP contribution in [-0.4, -0.2) is 16.1 Å². The molecule has 2 aromatic rings. The van der Waals surface area contributed by atoms with E-state index in [1.807, 2.05) is 0 Å². The number of aromatic nitrogens is 1. The van der Waals surface area contributed by atoms with Gasteiger partial charge in [-0.15, -0.1) is 0 Å². The number of hydrogen-bond donors (Lipinski definition) is 1. The van der Waals surface area contributed by atoms with Crippen LogP contribution in [0.15, 0.2) is 18.2 Å². The van der Waals surface area contributed by atoms with Crippen LogP contribution in [0.25, 0.3) is 0 Å². The molecule has 0 saturated heterocycles. The first-order valence-corrected chi connectivity index (χ1v) is 6.07. The van der Waals surface area contributed by atoms with Crippen LogP contribution in [0.5, 0.6) is 10.9 Å². The van der Waals surface area contributed by atoms with Crippen molar-refractivity contribution in [2.45, 2.75) is 0 Å². The van der Waals surface area contributed by atoms with Gasteiger partial charge in [0.1, 0.15) is 0 Å². The summed E-state index contributed by atoms with van der Waals surface area (Å²) >= 11 is 11.9. The fourth-order valence-corrected chi connectivity index (χ4v) is 2.27. The second-order valence-electron chi connectivity index (χ2n) is 3.06. The Hall–Kier alpha value is -1.37. The standard InChI is InChI=1S/C10H4Cl2FNO3S/c11-4-2-1-3-5(6(4)13)17-10-14-8(12)7(18-10)9(15)16/h1-3H,(H,15,16). The van der Waals surface area contributed by atoms with Gasteiger partial charge in [0.25, 0.3) is 5.19 Å². The highest BCUT2D eigenvalue weighted by molar-refractivity contribution is 7.15. The largest absolute Gasteiger partial charge is 0.477 e. The summed E-state index contributed by atoms with van der Waals surface area (Å²) in [4.78, 5) is 14.2. The molecule has 1 heterocycles. The lowest BCUT2D eigenvalue weighted by molar-refractivity contribution is 0.0702. The topological polar surface area (TPSA) is 59.4 Å². The summed E-state index contributed by atoms with van der Waals surface area (Å²) < 4.78 is 18.6. The van der Waals surface area contributed by atoms with Gasteiger partial charge in [0, 0.05) is 0 Å². The molecular weight excluding hydrogens is 304 g/mol. The normalized spacial score (nSPS) is 10.4. The van der Waals surface area contributed by atoms with Crippen LogP contribution in [0.1, 0.15) is 9.67 Å². The van der Waals surface area contributed by atoms with Crippen LogP contribution in [-0.2, 0) is 0 Å². The predicted octanol–water partition coefficient (Wildman–Crippen LogP) is 4.08. The third kappa shape index (κ3) is 2.55. The molecule has 0 aliphatic carbocycles. The third-order valence-electron chi connectivity index (χ3n) is 1.87. The van der Waals surface area contributed by atoms with Crippen LogP contribution in [0.2, 0.25) is 10.2 Å². The Morgan fingerprint density at radius 2 is 2.17 bits per heavy atom. The van der Waals surface area contributed by atoms with Crippen LogP contribution in [0, 0.1) is 5.82 Å². The summed E-state index contributed by atoms with van der Waals surface area (Å²) in [6, 6.07) is 4.20. The van der Waals surface area contributed by atoms with Gasteiger partial charge in [0.05, 0.1) is 5.02 Å². The Kier molecular flexibility index (Phi) is 3.70. The van der Waals surface area contributed by atoms with E-state index in [1.54, 1.807) is 0 Å². The Labute approximate surface area is 115 Å². The zero-order chi connectivity index (χ0) is 13.3. The molecule has 4 nitrogen and oxygen atoms in total. The summed E-state index contributed by atoms with van der Waals surface area (Å²) in [7, 11) is 0. The van der Waals surface area contributed by atoms with E-state index in [9.17, 15) is 9.18 Å². The molecule has 1 N–H and O–H groups in total. The number of ether oxygens (including phenoxy) is 1. The van der Waals surface area contributed by atoms with Crippen LogP contribution < -0.4 is 4.74 Å². The number of hydrogen-bond acceptors (Lipinski definition) is 4. The number of thiazole rings is 1. The summed E-state index contributed by atoms with van der Waals surface area (Å²) in [5.74, 6) is -2.12. The average molecular weight is 308 g/mol. The highest BCUT2D eigenvalue weighted by Crippen LogP contribution is 2.34. The maximum atomic E-state index is 13.5. The van der Waals surface area contributed by atoms with Crippen molar-refractivity contribution in [3.05, 3.63) is 39.1 Å². The smallest absolute Gasteiger partial charge is 0.349 e. The molecule has 0 aliphatic heterocycles. The van der Waals surface area contributed by atoms with Crippen molar-refractivity contribution in [3.8, 4) is 10.9 Å². The summed E-state index contributed by atoms with van der Waals surface area (Å²) in [5.41, 5.74) is 0. The van der Waals surface area contributed by atoms with Gasteiger partial charge >= 0.3 is 5.97 Å². The zero-order valence-corrected chi connectivity index (χ0v) is 10.8. The van der Waals surface area contributed by atoms with Crippen molar-refractivity contribution in [2.24, 2.45) is 0 Å². The van der Waals surface area contributed by atoms with Gasteiger partial charge in [-0.1, -0.05) is 40.6 Å². The first-order valence-electron chi connectivity index (χ1n) is 4.50. The van der Waals surface area contributed by atoms with Crippen LogP contribution in [0.3, 0.4) is 0 Å². The first kappa shape index (κ1) is 13.1. The maximum Gasteiger partial charge on any atom is 0.349 e. The number of carboxylic acids is 1. The predicted molar refractivity (Wildman–Crippen MR) is 65.6 cm³/mol. The zero-order valence-electron chi connectivity index (χ0n) is 8.49. The molecule has 0 aliphatic rings. The van der Waals surface area contributed by atoms with E-state index >= 15 is 0 Å². The SMILES string of the molecule is O=C(O)c1sc(Oc2cccc(Cl)c2F)nc1Cl. The van der Waals surface area contributed by atoms with Gasteiger partial charge in [-0.3, -0.25) is 0 Å². The van der Waals surface area contributed by atoms with Crippen LogP contribution in [0.4, 0.5) is 4.39 Å². The monoisotopic (exact) mass is 307 g/mol. The maximum absolute atomic E-state index is 13.5. The van der Waals surface area contributed by atoms with Gasteiger partial charge in [-0.25, -0.2) is 9.18 Å². The van der Waals surface area contributed by atoms with E-state index in [0.717, 1.165) is 0 Å². The molecule has 0 spiro atoms. The quantitative estimate of drug-likeness (QED) is 0.928. The molecule has 18 heavy (non-hydrogen) atoms. The number of carboxylic acid groups (broad SMARTS) is 1. The van der Waals surface area contributed by atoms with Crippen molar-refractivity contribution in [2.75, 3.05) is 0 Å². The van der Waals surface area contributed by atoms with Gasteiger partial charge in [-0.05, 0) is 12.1 Å². The first-order chi connectivity index (χ1) is 8.49. The molecule has 0 atom stereocenters. The molecule has 1 aromatic heterocycles. The number of rotatable bonds is 3. The fraction of sp³-hybridized carbons (Fsp3) is 0. The Morgan fingerprint density at radius 3 is 2.78 bits per heavy atom. The van der Waals surface area contributed by atoms with E-state index in [4.69, 9.17) is 33.0 Å². The van der Waals surface area contributed by atoms with E-state index in [-0.39, 0.29) is 26.0 Å². The Bertz CT molecular complexity index is 617. The van der Waals surface area contributed by atoms with Gasteiger partial charge in [-0.2, -0.15) is 4.98 Å². The van der Waals surface area contributed by atoms with Gasteiger partial charge in [0.15, 0.2) is 21.6 Å². The summed E-state index contributed by atoms with van der Waals surface area (Å²) in [6.45, 7) is 0. The molecular formula is C10H4Cl2FNO3S. The van der Waals surface area contributed by atoms with Crippen molar-refractivity contribution >= 4 is 40.5 Å². The minimum absolute atomic E-state index is 0.0708. The molecule has 1 aromatic carbocycles. The van der Waals surface area contributed by atoms with E-state index < -0.39 is 11.8 Å². The number of halogens is 3. The highest BCUT2D eigenvalue weighted by Gasteiger charge is 2.18. The second-order valence-corrected chi connectivity index (χ2v) is 4.79. The molecule has 0 saturated carbocycles. The third-order valence-corrected chi connectivity index (χ3v) is 3.47. The number of benzene rings is 1. The molecule has 0 fully saturated rings. The van der Waals surface area contributed by atoms with Gasteiger partial charge < -0.3 is 9.84 Å². The molecule has 8 heteroatoms. The second kappa shape index (κ2) is 5.09. The lowest BCUT2D eigenvalue weighted by atomic mass is 10.3. The van der Waals surface area contributed by atoms with E-state index in [2.05, 4.69) is 4.98 Å². The minimum atomic E-state index is -1.22. The van der Waals surface area contributed by atoms with E-state index in [0.29, 0.717) is 11.3 Å². The average Bonchev–Trinajstić information content (AvgIpc) is 2.66. The van der Waals surface area contributed by atoms with Crippen molar-refractivity contribution < 1.29 is 19.0 Å². The lowest BCUT2D eigenvalue weighted by Crippen LogP contribution is -1.91. The Balaban J connectivity index is 2.32. The molecule has 2 rings (SSSR count). The molecule has 0 radical (unpaired) electrons. The molecule has 0 amide bonds. The molecule has 0 bridgehead atoms. The van der Waals surface area contributed by atoms with Crippen molar-refractivity contribution in [1.82, 2.24) is 4.98 Å². The summed E-state index contributed by atoms with van der Waals surface area (Å²) in [6.07, 6.45) is 0. The molecule has 0 unspecified atom stereocenters. The number of carbonyl (C=O) groups is 1. The minimum Gasteiger partial charge on any atom is -0.477 e. The van der Waals surface area contributed by atoms with Crippen molar-refractivity contribution in [3.63, 3.8) is 0 Å². The fourth-order valence-electron chi connectivity index (χ4n) is 1.12. The van der Waals surface area contributed by atoms with Crippen LogP contribution >= 0.6 is 34.5 Å².